The molecule has 0 atom stereocenters. The third-order valence-electron chi connectivity index (χ3n) is 1.06. The average Bonchev–Trinajstić information content (AvgIpc) is 1.53. The molecule has 1 nitrogen and oxygen atoms in total. The molecule has 0 aliphatic rings. The summed E-state index contributed by atoms with van der Waals surface area (Å²) in [5, 5.41) is 0. The van der Waals surface area contributed by atoms with E-state index in [1.807, 2.05) is 0 Å². The summed E-state index contributed by atoms with van der Waals surface area (Å²) in [5.74, 6) is 0. The molecule has 3 heteroatoms. The molecule has 0 aliphatic heterocycles. The zero-order valence-corrected chi connectivity index (χ0v) is 11.3. The molecule has 0 aromatic carbocycles. The van der Waals surface area contributed by atoms with E-state index in [1.54, 1.807) is 0 Å². The molecule has 66 valence electrons. The van der Waals surface area contributed by atoms with E-state index in [4.69, 9.17) is 0 Å². The van der Waals surface area contributed by atoms with Gasteiger partial charge in [0.25, 0.3) is 0 Å². The first-order valence-corrected chi connectivity index (χ1v) is 8.49. The van der Waals surface area contributed by atoms with E-state index in [9.17, 15) is 0 Å². The van der Waals surface area contributed by atoms with Crippen molar-refractivity contribution < 1.29 is 0 Å². The van der Waals surface area contributed by atoms with Gasteiger partial charge in [-0.1, -0.05) is 25.3 Å². The van der Waals surface area contributed by atoms with Crippen molar-refractivity contribution in [2.75, 3.05) is 20.6 Å². The monoisotopic (exact) mass is 283 g/mol. The van der Waals surface area contributed by atoms with Crippen molar-refractivity contribution in [2.45, 2.75) is 19.6 Å². The van der Waals surface area contributed by atoms with E-state index >= 15 is 0 Å². The summed E-state index contributed by atoms with van der Waals surface area (Å²) in [6, 6.07) is 0. The van der Waals surface area contributed by atoms with Crippen LogP contribution in [0.3, 0.4) is 0 Å². The second-order valence-electron chi connectivity index (χ2n) is 4.20. The fraction of sp³-hybridized carbons (Fsp3) is 0.750. The first-order chi connectivity index (χ1) is 4.81. The molecule has 0 aromatic heterocycles. The van der Waals surface area contributed by atoms with Crippen molar-refractivity contribution in [1.82, 2.24) is 4.90 Å². The molecule has 0 N–H and O–H groups in total. The zero-order valence-electron chi connectivity index (χ0n) is 8.11. The van der Waals surface area contributed by atoms with Crippen molar-refractivity contribution in [1.29, 1.82) is 0 Å². The smallest absolute Gasteiger partial charge is 0.0697 e. The first-order valence-electron chi connectivity index (χ1n) is 3.83. The molecule has 0 fully saturated rings. The van der Waals surface area contributed by atoms with Crippen molar-refractivity contribution in [3.8, 4) is 0 Å². The number of nitrogens with zero attached hydrogens (tertiary/aromatic N) is 1. The van der Waals surface area contributed by atoms with Crippen LogP contribution in [0.25, 0.3) is 0 Å². The van der Waals surface area contributed by atoms with Crippen LogP contribution < -0.4 is 0 Å². The zero-order chi connectivity index (χ0) is 9.07. The highest BCUT2D eigenvalue weighted by Crippen LogP contribution is 2.13. The molecule has 0 unspecified atom stereocenters. The molecule has 0 aliphatic carbocycles. The third kappa shape index (κ3) is 8.55. The van der Waals surface area contributed by atoms with Gasteiger partial charge in [-0.05, 0) is 40.3 Å². The summed E-state index contributed by atoms with van der Waals surface area (Å²) in [5.41, 5.74) is 2.45. The predicted molar refractivity (Wildman–Crippen MR) is 64.0 cm³/mol. The molecule has 0 aromatic rings. The molecular formula is C8H18INSi. The fourth-order valence-corrected chi connectivity index (χ4v) is 5.33. The van der Waals surface area contributed by atoms with Gasteiger partial charge in [0.15, 0.2) is 0 Å². The number of halogens is 1. The van der Waals surface area contributed by atoms with E-state index in [2.05, 4.69) is 66.9 Å². The Morgan fingerprint density at radius 1 is 1.36 bits per heavy atom. The van der Waals surface area contributed by atoms with Gasteiger partial charge in [-0.15, -0.1) is 0 Å². The van der Waals surface area contributed by atoms with Crippen molar-refractivity contribution in [3.05, 3.63) is 9.28 Å². The van der Waals surface area contributed by atoms with Gasteiger partial charge in [0.2, 0.25) is 0 Å². The van der Waals surface area contributed by atoms with Crippen LogP contribution in [0.15, 0.2) is 9.28 Å². The van der Waals surface area contributed by atoms with Crippen LogP contribution in [0, 0.1) is 0 Å². The number of rotatable bonds is 3. The van der Waals surface area contributed by atoms with Gasteiger partial charge >= 0.3 is 0 Å². The van der Waals surface area contributed by atoms with Crippen molar-refractivity contribution in [2.24, 2.45) is 0 Å². The number of likely N-dealkylation sites (N-methyl/N-ethyl adjacent to an activating group) is 1. The van der Waals surface area contributed by atoms with E-state index in [0.29, 0.717) is 0 Å². The van der Waals surface area contributed by atoms with Gasteiger partial charge in [0, 0.05) is 6.54 Å². The van der Waals surface area contributed by atoms with Crippen LogP contribution in [0.1, 0.15) is 0 Å². The Kier molecular flexibility index (Phi) is 4.89. The largest absolute Gasteiger partial charge is 0.305 e. The summed E-state index contributed by atoms with van der Waals surface area (Å²) in [7, 11) is 3.23. The van der Waals surface area contributed by atoms with E-state index in [-0.39, 0.29) is 0 Å². The molecule has 0 bridgehead atoms. The molecular weight excluding hydrogens is 265 g/mol. The van der Waals surface area contributed by atoms with Crippen LogP contribution in [-0.2, 0) is 0 Å². The predicted octanol–water partition coefficient (Wildman–Crippen LogP) is 2.74. The lowest BCUT2D eigenvalue weighted by atomic mass is 10.6. The highest BCUT2D eigenvalue weighted by Gasteiger charge is 2.09. The Balaban J connectivity index is 4.01. The van der Waals surface area contributed by atoms with Crippen LogP contribution >= 0.6 is 22.6 Å². The minimum atomic E-state index is -0.983. The van der Waals surface area contributed by atoms with Gasteiger partial charge < -0.3 is 4.90 Å². The number of hydrogen-bond donors (Lipinski definition) is 0. The summed E-state index contributed by atoms with van der Waals surface area (Å²) < 4.78 is 1.48. The molecule has 11 heavy (non-hydrogen) atoms. The van der Waals surface area contributed by atoms with Crippen LogP contribution in [-0.4, -0.2) is 33.6 Å². The Hall–Kier alpha value is 0.647. The quantitative estimate of drug-likeness (QED) is 0.568. The maximum Gasteiger partial charge on any atom is 0.0697 e. The van der Waals surface area contributed by atoms with E-state index in [0.717, 1.165) is 6.54 Å². The SMILES string of the molecule is CN(C)C/C(I)=C\[Si](C)(C)C. The Morgan fingerprint density at radius 3 is 2.09 bits per heavy atom. The molecule has 0 amide bonds. The second kappa shape index (κ2) is 4.62. The lowest BCUT2D eigenvalue weighted by Crippen LogP contribution is -2.19. The molecule has 0 spiro atoms. The Bertz CT molecular complexity index is 147. The topological polar surface area (TPSA) is 3.24 Å². The normalized spacial score (nSPS) is 14.3. The molecule has 0 saturated carbocycles. The Morgan fingerprint density at radius 2 is 1.82 bits per heavy atom. The Labute approximate surface area is 85.0 Å². The van der Waals surface area contributed by atoms with Gasteiger partial charge in [-0.25, -0.2) is 0 Å². The first kappa shape index (κ1) is 11.6. The van der Waals surface area contributed by atoms with Gasteiger partial charge in [0.05, 0.1) is 8.07 Å². The summed E-state index contributed by atoms with van der Waals surface area (Å²) in [4.78, 5) is 2.21. The van der Waals surface area contributed by atoms with E-state index < -0.39 is 8.07 Å². The minimum absolute atomic E-state index is 0.983. The number of hydrogen-bond acceptors (Lipinski definition) is 1. The summed E-state index contributed by atoms with van der Waals surface area (Å²) >= 11 is 2.44. The average molecular weight is 283 g/mol. The third-order valence-corrected chi connectivity index (χ3v) is 3.51. The van der Waals surface area contributed by atoms with Crippen molar-refractivity contribution >= 4 is 30.7 Å². The standard InChI is InChI=1S/C8H18INSi/c1-10(2)6-8(9)7-11(3,4)5/h7H,6H2,1-5H3/b8-7+. The molecule has 0 saturated heterocycles. The van der Waals surface area contributed by atoms with Gasteiger partial charge in [0.1, 0.15) is 0 Å². The summed E-state index contributed by atoms with van der Waals surface area (Å²) in [6.45, 7) is 8.18. The minimum Gasteiger partial charge on any atom is -0.305 e. The van der Waals surface area contributed by atoms with Crippen molar-refractivity contribution in [3.63, 3.8) is 0 Å². The molecule has 0 heterocycles. The summed E-state index contributed by atoms with van der Waals surface area (Å²) in [6.07, 6.45) is 0. The molecule has 0 radical (unpaired) electrons. The maximum absolute atomic E-state index is 2.45. The highest BCUT2D eigenvalue weighted by molar-refractivity contribution is 14.1. The lowest BCUT2D eigenvalue weighted by molar-refractivity contribution is 0.455. The van der Waals surface area contributed by atoms with Crippen LogP contribution in [0.5, 0.6) is 0 Å². The van der Waals surface area contributed by atoms with E-state index in [1.165, 1.54) is 3.58 Å². The maximum atomic E-state index is 2.45. The van der Waals surface area contributed by atoms with Crippen LogP contribution in [0.2, 0.25) is 19.6 Å². The fourth-order valence-electron chi connectivity index (χ4n) is 0.818. The van der Waals surface area contributed by atoms with Gasteiger partial charge in [-0.3, -0.25) is 0 Å². The highest BCUT2D eigenvalue weighted by atomic mass is 127. The van der Waals surface area contributed by atoms with Gasteiger partial charge in [-0.2, -0.15) is 0 Å². The lowest BCUT2D eigenvalue weighted by Gasteiger charge is -2.13. The molecule has 0 rings (SSSR count). The second-order valence-corrected chi connectivity index (χ2v) is 10.6. The van der Waals surface area contributed by atoms with Crippen LogP contribution in [0.4, 0.5) is 0 Å².